The number of rotatable bonds is 7. The van der Waals surface area contributed by atoms with Crippen molar-refractivity contribution in [1.82, 2.24) is 5.32 Å². The van der Waals surface area contributed by atoms with E-state index >= 15 is 0 Å². The first-order valence-corrected chi connectivity index (χ1v) is 11.7. The van der Waals surface area contributed by atoms with Gasteiger partial charge in [0.05, 0.1) is 18.6 Å². The van der Waals surface area contributed by atoms with Gasteiger partial charge in [0.2, 0.25) is 0 Å². The molecular weight excluding hydrogens is 454 g/mol. The molecule has 3 rings (SSSR count). The molecule has 2 aliphatic rings. The van der Waals surface area contributed by atoms with Crippen molar-refractivity contribution in [2.24, 2.45) is 10.9 Å². The van der Waals surface area contributed by atoms with Crippen molar-refractivity contribution in [3.63, 3.8) is 0 Å². The second-order valence-corrected chi connectivity index (χ2v) is 8.90. The van der Waals surface area contributed by atoms with E-state index < -0.39 is 40.1 Å². The van der Waals surface area contributed by atoms with Crippen molar-refractivity contribution in [3.05, 3.63) is 51.2 Å². The summed E-state index contributed by atoms with van der Waals surface area (Å²) in [4.78, 5) is 55.0. The van der Waals surface area contributed by atoms with Gasteiger partial charge in [-0.2, -0.15) is 0 Å². The zero-order chi connectivity index (χ0) is 25.8. The first kappa shape index (κ1) is 26.1. The topological polar surface area (TPSA) is 137 Å². The van der Waals surface area contributed by atoms with Crippen molar-refractivity contribution in [2.75, 3.05) is 13.7 Å². The molecule has 0 radical (unpaired) electrons. The number of nitro groups is 1. The predicted molar refractivity (Wildman–Crippen MR) is 128 cm³/mol. The van der Waals surface area contributed by atoms with Crippen molar-refractivity contribution < 1.29 is 28.8 Å². The highest BCUT2D eigenvalue weighted by atomic mass is 16.6. The van der Waals surface area contributed by atoms with Crippen LogP contribution in [0.5, 0.6) is 0 Å². The molecule has 0 spiro atoms. The second kappa shape index (κ2) is 10.8. The molecule has 1 aromatic carbocycles. The number of carbonyl (C=O) groups excluding carboxylic acids is 3. The molecule has 1 aliphatic carbocycles. The molecule has 1 amide bonds. The Labute approximate surface area is 203 Å². The smallest absolute Gasteiger partial charge is 0.331 e. The maximum absolute atomic E-state index is 13.8. The van der Waals surface area contributed by atoms with Gasteiger partial charge < -0.3 is 14.8 Å². The Morgan fingerprint density at radius 3 is 2.49 bits per heavy atom. The van der Waals surface area contributed by atoms with Crippen LogP contribution >= 0.6 is 0 Å². The molecule has 10 heteroatoms. The Morgan fingerprint density at radius 2 is 1.89 bits per heavy atom. The van der Waals surface area contributed by atoms with Gasteiger partial charge in [-0.1, -0.05) is 31.4 Å². The third-order valence-corrected chi connectivity index (χ3v) is 6.69. The van der Waals surface area contributed by atoms with E-state index in [4.69, 9.17) is 9.47 Å². The van der Waals surface area contributed by atoms with Gasteiger partial charge in [0.25, 0.3) is 11.6 Å². The lowest BCUT2D eigenvalue weighted by atomic mass is 9.74. The molecule has 0 bridgehead atoms. The fraction of sp³-hybridized carbons (Fsp3) is 0.520. The predicted octanol–water partition coefficient (Wildman–Crippen LogP) is 3.60. The Morgan fingerprint density at radius 1 is 1.20 bits per heavy atom. The molecule has 2 atom stereocenters. The van der Waals surface area contributed by atoms with Gasteiger partial charge in [-0.15, -0.1) is 0 Å². The third-order valence-electron chi connectivity index (χ3n) is 6.69. The number of amides is 1. The van der Waals surface area contributed by atoms with Gasteiger partial charge >= 0.3 is 11.9 Å². The molecule has 2 unspecified atom stereocenters. The van der Waals surface area contributed by atoms with Crippen LogP contribution in [0.4, 0.5) is 5.69 Å². The van der Waals surface area contributed by atoms with Crippen LogP contribution in [0.15, 0.2) is 40.5 Å². The quantitative estimate of drug-likeness (QED) is 0.354. The molecule has 188 valence electrons. The van der Waals surface area contributed by atoms with E-state index in [0.29, 0.717) is 29.8 Å². The summed E-state index contributed by atoms with van der Waals surface area (Å²) >= 11 is 0. The Bertz CT molecular complexity index is 1090. The number of allylic oxidation sites excluding steroid dienone is 1. The summed E-state index contributed by atoms with van der Waals surface area (Å²) in [5.74, 6) is -3.50. The van der Waals surface area contributed by atoms with E-state index in [1.165, 1.54) is 25.3 Å². The zero-order valence-electron chi connectivity index (χ0n) is 20.5. The summed E-state index contributed by atoms with van der Waals surface area (Å²) in [7, 11) is 1.24. The van der Waals surface area contributed by atoms with Crippen LogP contribution < -0.4 is 5.32 Å². The van der Waals surface area contributed by atoms with Crippen LogP contribution in [-0.2, 0) is 23.9 Å². The van der Waals surface area contributed by atoms with Crippen molar-refractivity contribution >= 4 is 29.2 Å². The van der Waals surface area contributed by atoms with E-state index in [1.807, 2.05) is 0 Å². The molecule has 1 N–H and O–H groups in total. The number of nitrogens with zero attached hydrogens (tertiary/aromatic N) is 2. The molecule has 1 fully saturated rings. The molecular formula is C25H31N3O7. The summed E-state index contributed by atoms with van der Waals surface area (Å²) < 4.78 is 10.3. The average Bonchev–Trinajstić information content (AvgIpc) is 2.83. The standard InChI is InChI=1S/C25H31N3O7/c1-5-35-24(31)25(12-7-6-8-13-25)27-22(29)19-15(2)26-16(3)20(23(30)34-4)21(19)17-10-9-11-18(14-17)28(32)33/h9-11,14,20-21H,5-8,12-13H2,1-4H3,(H,27,29). The monoisotopic (exact) mass is 485 g/mol. The number of methoxy groups -OCH3 is 1. The maximum Gasteiger partial charge on any atom is 0.331 e. The van der Waals surface area contributed by atoms with Crippen LogP contribution in [0.2, 0.25) is 0 Å². The van der Waals surface area contributed by atoms with E-state index in [1.54, 1.807) is 26.8 Å². The van der Waals surface area contributed by atoms with Crippen molar-refractivity contribution in [1.29, 1.82) is 0 Å². The molecule has 1 saturated carbocycles. The fourth-order valence-electron chi connectivity index (χ4n) is 5.05. The molecule has 1 heterocycles. The SMILES string of the molecule is CCOC(=O)C1(NC(=O)C2=C(C)N=C(C)C(C(=O)OC)C2c2cccc([N+](=O)[O-])c2)CCCCC1. The minimum Gasteiger partial charge on any atom is -0.468 e. The first-order chi connectivity index (χ1) is 16.6. The number of hydrogen-bond acceptors (Lipinski definition) is 8. The average molecular weight is 486 g/mol. The lowest BCUT2D eigenvalue weighted by Crippen LogP contribution is -2.57. The summed E-state index contributed by atoms with van der Waals surface area (Å²) in [5.41, 5.74) is 0.0246. The van der Waals surface area contributed by atoms with Crippen LogP contribution in [0.1, 0.15) is 64.4 Å². The first-order valence-electron chi connectivity index (χ1n) is 11.7. The highest BCUT2D eigenvalue weighted by molar-refractivity contribution is 6.08. The van der Waals surface area contributed by atoms with Gasteiger partial charge in [0, 0.05) is 35.0 Å². The van der Waals surface area contributed by atoms with Crippen LogP contribution in [0.25, 0.3) is 0 Å². The van der Waals surface area contributed by atoms with Crippen molar-refractivity contribution in [3.8, 4) is 0 Å². The highest BCUT2D eigenvalue weighted by Gasteiger charge is 2.46. The van der Waals surface area contributed by atoms with E-state index in [9.17, 15) is 24.5 Å². The number of nitrogens with one attached hydrogen (secondary N) is 1. The van der Waals surface area contributed by atoms with E-state index in [-0.39, 0.29) is 17.9 Å². The normalized spacial score (nSPS) is 21.5. The molecule has 1 aliphatic heterocycles. The van der Waals surface area contributed by atoms with Crippen LogP contribution in [-0.4, -0.2) is 47.7 Å². The number of hydrogen-bond donors (Lipinski definition) is 1. The third kappa shape index (κ3) is 5.26. The minimum absolute atomic E-state index is 0.167. The number of esters is 2. The second-order valence-electron chi connectivity index (χ2n) is 8.90. The molecule has 0 aromatic heterocycles. The largest absolute Gasteiger partial charge is 0.468 e. The lowest BCUT2D eigenvalue weighted by Gasteiger charge is -2.38. The van der Waals surface area contributed by atoms with Crippen LogP contribution in [0, 0.1) is 16.0 Å². The van der Waals surface area contributed by atoms with Crippen LogP contribution in [0.3, 0.4) is 0 Å². The Hall–Kier alpha value is -3.56. The van der Waals surface area contributed by atoms with Gasteiger partial charge in [0.1, 0.15) is 11.5 Å². The minimum atomic E-state index is -1.18. The highest BCUT2D eigenvalue weighted by Crippen LogP contribution is 2.41. The van der Waals surface area contributed by atoms with Gasteiger partial charge in [-0.05, 0) is 39.2 Å². The van der Waals surface area contributed by atoms with E-state index in [2.05, 4.69) is 10.3 Å². The zero-order valence-corrected chi connectivity index (χ0v) is 20.5. The van der Waals surface area contributed by atoms with Crippen molar-refractivity contribution in [2.45, 2.75) is 64.3 Å². The molecule has 35 heavy (non-hydrogen) atoms. The Kier molecular flexibility index (Phi) is 8.03. The number of nitro benzene ring substituents is 1. The fourth-order valence-corrected chi connectivity index (χ4v) is 5.05. The number of non-ortho nitro benzene ring substituents is 1. The number of aliphatic imine (C=N–C) groups is 1. The number of ether oxygens (including phenoxy) is 2. The Balaban J connectivity index is 2.11. The lowest BCUT2D eigenvalue weighted by molar-refractivity contribution is -0.384. The molecule has 1 aromatic rings. The maximum atomic E-state index is 13.8. The van der Waals surface area contributed by atoms with Gasteiger partial charge in [-0.25, -0.2) is 4.79 Å². The summed E-state index contributed by atoms with van der Waals surface area (Å²) in [5, 5.41) is 14.4. The summed E-state index contributed by atoms with van der Waals surface area (Å²) in [6.45, 7) is 5.20. The molecule has 0 saturated heterocycles. The summed E-state index contributed by atoms with van der Waals surface area (Å²) in [6, 6.07) is 5.83. The number of benzene rings is 1. The van der Waals surface area contributed by atoms with E-state index in [0.717, 1.165) is 19.3 Å². The summed E-state index contributed by atoms with van der Waals surface area (Å²) in [6.07, 6.45) is 3.34. The van der Waals surface area contributed by atoms with Gasteiger partial charge in [-0.3, -0.25) is 24.7 Å². The molecule has 10 nitrogen and oxygen atoms in total. The number of carbonyl (C=O) groups is 3. The van der Waals surface area contributed by atoms with Gasteiger partial charge in [0.15, 0.2) is 0 Å².